The van der Waals surface area contributed by atoms with Crippen LogP contribution in [0.4, 0.5) is 5.69 Å². The molecule has 10 nitrogen and oxygen atoms in total. The monoisotopic (exact) mass is 637 g/mol. The molecule has 2 aromatic heterocycles. The molecule has 0 spiro atoms. The van der Waals surface area contributed by atoms with Crippen LogP contribution in [0.2, 0.25) is 0 Å². The number of amides is 1. The number of carbonyl (C=O) groups is 1. The molecule has 1 amide bonds. The number of sulfonamides is 1. The second kappa shape index (κ2) is 12.2. The third kappa shape index (κ3) is 5.40. The van der Waals surface area contributed by atoms with Crippen LogP contribution < -0.4 is 4.31 Å². The van der Waals surface area contributed by atoms with Crippen LogP contribution in [0.5, 0.6) is 0 Å². The zero-order chi connectivity index (χ0) is 31.8. The number of rotatable bonds is 8. The second-order valence-corrected chi connectivity index (χ2v) is 13.7. The fourth-order valence-corrected chi connectivity index (χ4v) is 7.65. The van der Waals surface area contributed by atoms with Gasteiger partial charge in [-0.05, 0) is 47.5 Å². The lowest BCUT2D eigenvalue weighted by atomic mass is 9.92. The molecule has 7 rings (SSSR count). The minimum absolute atomic E-state index is 0.00549. The lowest BCUT2D eigenvalue weighted by Crippen LogP contribution is -2.49. The number of pyridine rings is 1. The molecule has 1 saturated heterocycles. The lowest BCUT2D eigenvalue weighted by Gasteiger charge is -2.34. The Labute approximate surface area is 267 Å². The van der Waals surface area contributed by atoms with Gasteiger partial charge in [-0.15, -0.1) is 0 Å². The van der Waals surface area contributed by atoms with Crippen molar-refractivity contribution in [2.45, 2.75) is 11.9 Å². The van der Waals surface area contributed by atoms with Gasteiger partial charge in [0.15, 0.2) is 0 Å². The molecule has 0 radical (unpaired) electrons. The summed E-state index contributed by atoms with van der Waals surface area (Å²) in [5, 5.41) is 11.0. The molecular formula is C35H35N5O5S. The highest BCUT2D eigenvalue weighted by Gasteiger charge is 2.33. The van der Waals surface area contributed by atoms with Gasteiger partial charge in [-0.25, -0.2) is 13.4 Å². The van der Waals surface area contributed by atoms with E-state index in [1.54, 1.807) is 19.2 Å². The van der Waals surface area contributed by atoms with Crippen molar-refractivity contribution in [2.24, 2.45) is 0 Å². The molecule has 2 aliphatic heterocycles. The third-order valence-electron chi connectivity index (χ3n) is 8.92. The van der Waals surface area contributed by atoms with Crippen LogP contribution in [0.1, 0.15) is 16.8 Å². The van der Waals surface area contributed by atoms with Gasteiger partial charge in [-0.3, -0.25) is 14.0 Å². The number of nitrogens with one attached hydrogen (secondary N) is 1. The van der Waals surface area contributed by atoms with Crippen LogP contribution >= 0.6 is 0 Å². The van der Waals surface area contributed by atoms with E-state index in [0.29, 0.717) is 43.0 Å². The molecule has 0 saturated carbocycles. The number of aromatic amines is 1. The first kappa shape index (κ1) is 30.0. The van der Waals surface area contributed by atoms with E-state index >= 15 is 0 Å². The van der Waals surface area contributed by atoms with Crippen LogP contribution in [0.3, 0.4) is 0 Å². The predicted octanol–water partition coefficient (Wildman–Crippen LogP) is 4.83. The van der Waals surface area contributed by atoms with E-state index in [1.807, 2.05) is 65.7 Å². The minimum Gasteiger partial charge on any atom is -0.480 e. The van der Waals surface area contributed by atoms with Crippen LogP contribution in [-0.4, -0.2) is 91.0 Å². The van der Waals surface area contributed by atoms with Crippen molar-refractivity contribution < 1.29 is 23.1 Å². The zero-order valence-electron chi connectivity index (χ0n) is 25.5. The van der Waals surface area contributed by atoms with Gasteiger partial charge in [0, 0.05) is 85.4 Å². The number of carbonyl (C=O) groups excluding carboxylic acids is 1. The number of benzene rings is 3. The second-order valence-electron chi connectivity index (χ2n) is 11.6. The fourth-order valence-electron chi connectivity index (χ4n) is 6.33. The fraction of sp³-hybridized carbons (Fsp3) is 0.257. The van der Waals surface area contributed by atoms with Gasteiger partial charge < -0.3 is 19.7 Å². The van der Waals surface area contributed by atoms with Crippen molar-refractivity contribution in [3.8, 4) is 22.3 Å². The molecule has 1 fully saturated rings. The highest BCUT2D eigenvalue weighted by atomic mass is 32.2. The molecule has 2 aliphatic rings. The van der Waals surface area contributed by atoms with E-state index in [2.05, 4.69) is 22.0 Å². The van der Waals surface area contributed by atoms with Gasteiger partial charge in [0.05, 0.1) is 18.6 Å². The van der Waals surface area contributed by atoms with E-state index in [-0.39, 0.29) is 12.5 Å². The number of H-pyrrole nitrogens is 1. The number of nitrogens with zero attached hydrogens (tertiary/aromatic N) is 4. The maximum atomic E-state index is 13.3. The first-order valence-electron chi connectivity index (χ1n) is 15.4. The molecule has 2 N–H and O–H groups in total. The summed E-state index contributed by atoms with van der Waals surface area (Å²) in [6.45, 7) is 3.49. The number of fused-ring (bicyclic) bond motifs is 3. The van der Waals surface area contributed by atoms with Crippen molar-refractivity contribution in [3.05, 3.63) is 96.9 Å². The van der Waals surface area contributed by atoms with E-state index in [9.17, 15) is 18.3 Å². The summed E-state index contributed by atoms with van der Waals surface area (Å²) in [5.74, 6) is -0.00549. The first-order valence-corrected chi connectivity index (χ1v) is 16.9. The van der Waals surface area contributed by atoms with Crippen molar-refractivity contribution in [1.29, 1.82) is 0 Å². The van der Waals surface area contributed by atoms with E-state index in [0.717, 1.165) is 51.6 Å². The van der Waals surface area contributed by atoms with E-state index < -0.39 is 15.5 Å². The molecule has 4 heterocycles. The topological polar surface area (TPSA) is 119 Å². The minimum atomic E-state index is -3.76. The van der Waals surface area contributed by atoms with Crippen LogP contribution in [0.25, 0.3) is 44.2 Å². The number of hydrogen-bond acceptors (Lipinski definition) is 7. The number of piperazine rings is 1. The van der Waals surface area contributed by atoms with Crippen molar-refractivity contribution >= 4 is 43.6 Å². The molecule has 0 aliphatic carbocycles. The Kier molecular flexibility index (Phi) is 7.97. The maximum absolute atomic E-state index is 13.3. The number of hydrogen-bond donors (Lipinski definition) is 2. The van der Waals surface area contributed by atoms with Gasteiger partial charge in [0.1, 0.15) is 5.65 Å². The SMILES string of the molecule is CN(c1ccc2[nH]c3ncc(-c4ccc(C(=O)N5CCN(CCO)CC5)cc4)c(-c4ccccc4)c3c2c1)S(=O)(=O)C1CC=CO1. The number of β-amino-alcohol motifs (C(OH)–C–C–N with tert-alkyl or cyclic N) is 1. The van der Waals surface area contributed by atoms with E-state index in [1.165, 1.54) is 10.6 Å². The third-order valence-corrected chi connectivity index (χ3v) is 10.9. The highest BCUT2D eigenvalue weighted by molar-refractivity contribution is 7.93. The van der Waals surface area contributed by atoms with E-state index in [4.69, 9.17) is 9.72 Å². The van der Waals surface area contributed by atoms with Gasteiger partial charge in [-0.2, -0.15) is 0 Å². The Morgan fingerprint density at radius 2 is 1.78 bits per heavy atom. The van der Waals surface area contributed by atoms with Gasteiger partial charge >= 0.3 is 0 Å². The summed E-state index contributed by atoms with van der Waals surface area (Å²) in [6.07, 6.45) is 5.29. The quantitative estimate of drug-likeness (QED) is 0.250. The summed E-state index contributed by atoms with van der Waals surface area (Å²) in [5.41, 5.74) is 5.48. The predicted molar refractivity (Wildman–Crippen MR) is 180 cm³/mol. The first-order chi connectivity index (χ1) is 22.3. The Hall–Kier alpha value is -4.71. The molecule has 1 unspecified atom stereocenters. The zero-order valence-corrected chi connectivity index (χ0v) is 26.3. The molecule has 3 aromatic carbocycles. The summed E-state index contributed by atoms with van der Waals surface area (Å²) in [4.78, 5) is 25.6. The van der Waals surface area contributed by atoms with Gasteiger partial charge in [0.2, 0.25) is 5.44 Å². The van der Waals surface area contributed by atoms with Crippen LogP contribution in [0.15, 0.2) is 91.3 Å². The summed E-state index contributed by atoms with van der Waals surface area (Å²) in [7, 11) is -2.21. The summed E-state index contributed by atoms with van der Waals surface area (Å²) < 4.78 is 33.3. The maximum Gasteiger partial charge on any atom is 0.273 e. The highest BCUT2D eigenvalue weighted by Crippen LogP contribution is 2.41. The van der Waals surface area contributed by atoms with Gasteiger partial charge in [-0.1, -0.05) is 42.5 Å². The molecule has 46 heavy (non-hydrogen) atoms. The summed E-state index contributed by atoms with van der Waals surface area (Å²) in [6, 6.07) is 23.2. The van der Waals surface area contributed by atoms with Crippen molar-refractivity contribution in [3.63, 3.8) is 0 Å². The van der Waals surface area contributed by atoms with Crippen LogP contribution in [0, 0.1) is 0 Å². The molecule has 0 bridgehead atoms. The molecule has 5 aromatic rings. The Bertz CT molecular complexity index is 2030. The number of ether oxygens (including phenoxy) is 1. The standard InChI is InChI=1S/C35H35N5O5S/c1-38(46(43,44)31-8-5-21-45-31)27-13-14-30-28(22-27)33-32(25-6-3-2-4-7-25)29(23-36-34(33)37-30)24-9-11-26(12-10-24)35(42)40-17-15-39(16-18-40)19-20-41/h2-7,9-14,21-23,31,41H,8,15-20H2,1H3,(H,36,37). The number of anilines is 1. The Balaban J connectivity index is 1.28. The Morgan fingerprint density at radius 3 is 2.48 bits per heavy atom. The van der Waals surface area contributed by atoms with Gasteiger partial charge in [0.25, 0.3) is 15.9 Å². The van der Waals surface area contributed by atoms with Crippen molar-refractivity contribution in [1.82, 2.24) is 19.8 Å². The van der Waals surface area contributed by atoms with Crippen molar-refractivity contribution in [2.75, 3.05) is 50.7 Å². The number of aromatic nitrogens is 2. The molecule has 1 atom stereocenters. The smallest absolute Gasteiger partial charge is 0.273 e. The average molecular weight is 638 g/mol. The molecular weight excluding hydrogens is 602 g/mol. The van der Waals surface area contributed by atoms with Crippen LogP contribution in [-0.2, 0) is 14.8 Å². The summed E-state index contributed by atoms with van der Waals surface area (Å²) >= 11 is 0. The molecule has 11 heteroatoms. The normalized spacial score (nSPS) is 17.1. The number of aliphatic hydroxyl groups is 1. The number of aliphatic hydroxyl groups excluding tert-OH is 1. The average Bonchev–Trinajstić information content (AvgIpc) is 3.77. The largest absolute Gasteiger partial charge is 0.480 e. The lowest BCUT2D eigenvalue weighted by molar-refractivity contribution is 0.0615. The Morgan fingerprint density at radius 1 is 1.02 bits per heavy atom. The molecule has 236 valence electrons.